The first-order chi connectivity index (χ1) is 9.24. The van der Waals surface area contributed by atoms with Gasteiger partial charge in [-0.3, -0.25) is 0 Å². The Morgan fingerprint density at radius 3 is 2.60 bits per heavy atom. The van der Waals surface area contributed by atoms with Crippen LogP contribution >= 0.6 is 27.5 Å². The van der Waals surface area contributed by atoms with Crippen molar-refractivity contribution in [2.45, 2.75) is 53.0 Å². The normalized spacial score (nSPS) is 34.5. The molecule has 2 bridgehead atoms. The minimum Gasteiger partial charge on any atom is -0.380 e. The molecule has 3 heteroatoms. The fraction of sp³-hybridized carbons (Fsp3) is 0.647. The van der Waals surface area contributed by atoms with Crippen LogP contribution in [0.5, 0.6) is 0 Å². The number of nitrogens with one attached hydrogen (secondary N) is 1. The first-order valence-corrected chi connectivity index (χ1v) is 8.63. The molecule has 1 aromatic rings. The molecule has 1 N–H and O–H groups in total. The molecule has 3 atom stereocenters. The highest BCUT2D eigenvalue weighted by molar-refractivity contribution is 9.10. The zero-order chi connectivity index (χ0) is 14.7. The Kier molecular flexibility index (Phi) is 3.42. The van der Waals surface area contributed by atoms with Crippen molar-refractivity contribution in [2.75, 3.05) is 5.32 Å². The predicted octanol–water partition coefficient (Wildman–Crippen LogP) is 6.04. The van der Waals surface area contributed by atoms with Crippen LogP contribution < -0.4 is 5.32 Å². The van der Waals surface area contributed by atoms with Crippen LogP contribution in [0.1, 0.15) is 45.6 Å². The van der Waals surface area contributed by atoms with Crippen LogP contribution in [-0.4, -0.2) is 6.04 Å². The Hall–Kier alpha value is -0.210. The van der Waals surface area contributed by atoms with E-state index in [9.17, 15) is 0 Å². The monoisotopic (exact) mass is 355 g/mol. The SMILES string of the molecule is Cc1cc(Br)c(NC2C3(C)CCC(C3)C2(C)C)cc1Cl. The third kappa shape index (κ3) is 2.11. The molecule has 2 aliphatic carbocycles. The lowest BCUT2D eigenvalue weighted by Gasteiger charge is -2.43. The summed E-state index contributed by atoms with van der Waals surface area (Å²) in [6.07, 6.45) is 4.09. The topological polar surface area (TPSA) is 12.0 Å². The van der Waals surface area contributed by atoms with Gasteiger partial charge in [-0.1, -0.05) is 32.4 Å². The molecule has 0 aliphatic heterocycles. The van der Waals surface area contributed by atoms with E-state index in [1.807, 2.05) is 6.92 Å². The summed E-state index contributed by atoms with van der Waals surface area (Å²) in [6, 6.07) is 4.68. The summed E-state index contributed by atoms with van der Waals surface area (Å²) in [6.45, 7) is 9.33. The summed E-state index contributed by atoms with van der Waals surface area (Å²) in [5.74, 6) is 0.852. The van der Waals surface area contributed by atoms with E-state index < -0.39 is 0 Å². The molecule has 3 rings (SSSR count). The van der Waals surface area contributed by atoms with Gasteiger partial charge in [-0.05, 0) is 76.6 Å². The van der Waals surface area contributed by atoms with Gasteiger partial charge < -0.3 is 5.32 Å². The van der Waals surface area contributed by atoms with E-state index in [4.69, 9.17) is 11.6 Å². The molecular weight excluding hydrogens is 334 g/mol. The van der Waals surface area contributed by atoms with Gasteiger partial charge in [0, 0.05) is 15.5 Å². The number of hydrogen-bond donors (Lipinski definition) is 1. The van der Waals surface area contributed by atoms with Crippen LogP contribution in [0.15, 0.2) is 16.6 Å². The summed E-state index contributed by atoms with van der Waals surface area (Å²) < 4.78 is 1.11. The molecule has 2 aliphatic rings. The Labute approximate surface area is 135 Å². The first kappa shape index (κ1) is 14.7. The molecule has 0 heterocycles. The average Bonchev–Trinajstić information content (AvgIpc) is 2.82. The van der Waals surface area contributed by atoms with Crippen molar-refractivity contribution in [1.29, 1.82) is 0 Å². The molecule has 0 aromatic heterocycles. The number of rotatable bonds is 2. The third-order valence-electron chi connectivity index (χ3n) is 5.82. The fourth-order valence-corrected chi connectivity index (χ4v) is 5.31. The van der Waals surface area contributed by atoms with Gasteiger partial charge in [-0.25, -0.2) is 0 Å². The van der Waals surface area contributed by atoms with Gasteiger partial charge in [0.2, 0.25) is 0 Å². The summed E-state index contributed by atoms with van der Waals surface area (Å²) in [5, 5.41) is 4.64. The summed E-state index contributed by atoms with van der Waals surface area (Å²) in [4.78, 5) is 0. The second-order valence-electron chi connectivity index (χ2n) is 7.57. The van der Waals surface area contributed by atoms with E-state index >= 15 is 0 Å². The number of fused-ring (bicyclic) bond motifs is 2. The van der Waals surface area contributed by atoms with Crippen molar-refractivity contribution in [3.63, 3.8) is 0 Å². The second kappa shape index (κ2) is 4.64. The first-order valence-electron chi connectivity index (χ1n) is 7.46. The van der Waals surface area contributed by atoms with Crippen LogP contribution in [-0.2, 0) is 0 Å². The molecule has 1 nitrogen and oxygen atoms in total. The molecule has 2 saturated carbocycles. The molecule has 2 fully saturated rings. The maximum absolute atomic E-state index is 6.30. The summed E-state index contributed by atoms with van der Waals surface area (Å²) in [7, 11) is 0. The quantitative estimate of drug-likeness (QED) is 0.681. The molecule has 1 aromatic carbocycles. The Morgan fingerprint density at radius 2 is 2.00 bits per heavy atom. The highest BCUT2D eigenvalue weighted by Crippen LogP contribution is 2.63. The zero-order valence-corrected chi connectivity index (χ0v) is 15.0. The van der Waals surface area contributed by atoms with Crippen molar-refractivity contribution >= 4 is 33.2 Å². The standard InChI is InChI=1S/C17H23BrClN/c1-10-7-12(18)14(8-13(10)19)20-15-16(2,3)11-5-6-17(15,4)9-11/h7-8,11,15,20H,5-6,9H2,1-4H3. The van der Waals surface area contributed by atoms with Crippen molar-refractivity contribution in [2.24, 2.45) is 16.7 Å². The van der Waals surface area contributed by atoms with E-state index in [1.54, 1.807) is 0 Å². The summed E-state index contributed by atoms with van der Waals surface area (Å²) >= 11 is 9.97. The smallest absolute Gasteiger partial charge is 0.0502 e. The minimum absolute atomic E-state index is 0.351. The predicted molar refractivity (Wildman–Crippen MR) is 90.5 cm³/mol. The van der Waals surface area contributed by atoms with Crippen molar-refractivity contribution in [1.82, 2.24) is 0 Å². The number of hydrogen-bond acceptors (Lipinski definition) is 1. The Morgan fingerprint density at radius 1 is 1.30 bits per heavy atom. The van der Waals surface area contributed by atoms with Gasteiger partial charge >= 0.3 is 0 Å². The molecule has 0 amide bonds. The molecule has 110 valence electrons. The lowest BCUT2D eigenvalue weighted by atomic mass is 9.68. The maximum atomic E-state index is 6.30. The fourth-order valence-electron chi connectivity index (χ4n) is 4.57. The van der Waals surface area contributed by atoms with Crippen molar-refractivity contribution < 1.29 is 0 Å². The Bertz CT molecular complexity index is 549. The molecular formula is C17H23BrClN. The van der Waals surface area contributed by atoms with Gasteiger partial charge in [0.1, 0.15) is 0 Å². The lowest BCUT2D eigenvalue weighted by molar-refractivity contribution is 0.155. The maximum Gasteiger partial charge on any atom is 0.0502 e. The number of benzene rings is 1. The van der Waals surface area contributed by atoms with Gasteiger partial charge in [-0.15, -0.1) is 0 Å². The number of anilines is 1. The largest absolute Gasteiger partial charge is 0.380 e. The van der Waals surface area contributed by atoms with Gasteiger partial charge in [0.05, 0.1) is 5.69 Å². The van der Waals surface area contributed by atoms with Crippen LogP contribution in [0.4, 0.5) is 5.69 Å². The molecule has 3 unspecified atom stereocenters. The Balaban J connectivity index is 1.93. The van der Waals surface area contributed by atoms with E-state index in [0.717, 1.165) is 26.7 Å². The van der Waals surface area contributed by atoms with Crippen LogP contribution in [0.2, 0.25) is 5.02 Å². The zero-order valence-electron chi connectivity index (χ0n) is 12.7. The minimum atomic E-state index is 0.351. The van der Waals surface area contributed by atoms with E-state index in [1.165, 1.54) is 19.3 Å². The summed E-state index contributed by atoms with van der Waals surface area (Å²) in [5.41, 5.74) is 3.02. The van der Waals surface area contributed by atoms with Crippen molar-refractivity contribution in [3.8, 4) is 0 Å². The highest BCUT2D eigenvalue weighted by atomic mass is 79.9. The molecule has 0 saturated heterocycles. The van der Waals surface area contributed by atoms with Gasteiger partial charge in [-0.2, -0.15) is 0 Å². The molecule has 0 radical (unpaired) electrons. The molecule has 20 heavy (non-hydrogen) atoms. The van der Waals surface area contributed by atoms with E-state index in [0.29, 0.717) is 16.9 Å². The molecule has 0 spiro atoms. The van der Waals surface area contributed by atoms with Gasteiger partial charge in [0.15, 0.2) is 0 Å². The highest BCUT2D eigenvalue weighted by Gasteiger charge is 2.59. The number of halogens is 2. The van der Waals surface area contributed by atoms with Crippen LogP contribution in [0, 0.1) is 23.7 Å². The van der Waals surface area contributed by atoms with Gasteiger partial charge in [0.25, 0.3) is 0 Å². The van der Waals surface area contributed by atoms with E-state index in [-0.39, 0.29) is 0 Å². The van der Waals surface area contributed by atoms with E-state index in [2.05, 4.69) is 54.2 Å². The van der Waals surface area contributed by atoms with Crippen LogP contribution in [0.3, 0.4) is 0 Å². The lowest BCUT2D eigenvalue weighted by Crippen LogP contribution is -2.45. The average molecular weight is 357 g/mol. The second-order valence-corrected chi connectivity index (χ2v) is 8.84. The third-order valence-corrected chi connectivity index (χ3v) is 6.88. The van der Waals surface area contributed by atoms with Crippen LogP contribution in [0.25, 0.3) is 0 Å². The number of aryl methyl sites for hydroxylation is 1. The van der Waals surface area contributed by atoms with Crippen molar-refractivity contribution in [3.05, 3.63) is 27.2 Å².